The lowest BCUT2D eigenvalue weighted by atomic mass is 10.2. The molecule has 0 unspecified atom stereocenters. The molecule has 1 aromatic heterocycles. The summed E-state index contributed by atoms with van der Waals surface area (Å²) in [7, 11) is 0. The summed E-state index contributed by atoms with van der Waals surface area (Å²) in [4.78, 5) is 27.5. The summed E-state index contributed by atoms with van der Waals surface area (Å²) in [6.45, 7) is 1.67. The Balaban J connectivity index is 1.85. The zero-order valence-corrected chi connectivity index (χ0v) is 14.0. The van der Waals surface area contributed by atoms with E-state index in [1.807, 2.05) is 12.1 Å². The molecular formula is C16H15BrN4O2. The van der Waals surface area contributed by atoms with Gasteiger partial charge in [0.15, 0.2) is 0 Å². The number of halogens is 1. The van der Waals surface area contributed by atoms with Gasteiger partial charge in [0.25, 0.3) is 5.91 Å². The number of benzene rings is 1. The van der Waals surface area contributed by atoms with Crippen molar-refractivity contribution in [2.24, 2.45) is 5.10 Å². The number of amides is 2. The Labute approximate surface area is 142 Å². The number of anilines is 1. The molecule has 0 fully saturated rings. The highest BCUT2D eigenvalue weighted by Crippen LogP contribution is 2.14. The van der Waals surface area contributed by atoms with Gasteiger partial charge in [0.1, 0.15) is 0 Å². The van der Waals surface area contributed by atoms with Crippen LogP contribution in [0.15, 0.2) is 58.4 Å². The molecule has 1 heterocycles. The lowest BCUT2D eigenvalue weighted by Gasteiger charge is -2.05. The van der Waals surface area contributed by atoms with Gasteiger partial charge >= 0.3 is 0 Å². The normalized spacial score (nSPS) is 11.0. The first-order valence-corrected chi connectivity index (χ1v) is 7.63. The maximum atomic E-state index is 11.9. The summed E-state index contributed by atoms with van der Waals surface area (Å²) >= 11 is 3.33. The Morgan fingerprint density at radius 2 is 1.96 bits per heavy atom. The van der Waals surface area contributed by atoms with E-state index >= 15 is 0 Å². The van der Waals surface area contributed by atoms with Crippen LogP contribution in [-0.4, -0.2) is 22.5 Å². The van der Waals surface area contributed by atoms with Crippen LogP contribution in [0.1, 0.15) is 23.7 Å². The van der Waals surface area contributed by atoms with Gasteiger partial charge in [-0.15, -0.1) is 0 Å². The molecule has 7 heteroatoms. The first kappa shape index (κ1) is 16.8. The average Bonchev–Trinajstić information content (AvgIpc) is 2.55. The number of nitrogens with one attached hydrogen (secondary N) is 2. The molecule has 0 radical (unpaired) electrons. The van der Waals surface area contributed by atoms with Crippen LogP contribution in [0.5, 0.6) is 0 Å². The molecule has 0 atom stereocenters. The standard InChI is InChI=1S/C16H15BrN4O2/c1-11(20-21-16(23)12-3-2-8-18-10-12)9-15(22)19-14-6-4-13(17)5-7-14/h2-8,10H,9H2,1H3,(H,19,22)(H,21,23)/b20-11-. The maximum absolute atomic E-state index is 11.9. The van der Waals surface area contributed by atoms with Crippen LogP contribution < -0.4 is 10.7 Å². The minimum absolute atomic E-state index is 0.0867. The number of aromatic nitrogens is 1. The number of nitrogens with zero attached hydrogens (tertiary/aromatic N) is 2. The van der Waals surface area contributed by atoms with Crippen LogP contribution in [0.3, 0.4) is 0 Å². The van der Waals surface area contributed by atoms with Crippen LogP contribution in [-0.2, 0) is 4.79 Å². The van der Waals surface area contributed by atoms with E-state index in [-0.39, 0.29) is 18.2 Å². The monoisotopic (exact) mass is 374 g/mol. The molecule has 0 spiro atoms. The second-order valence-electron chi connectivity index (χ2n) is 4.76. The summed E-state index contributed by atoms with van der Waals surface area (Å²) in [5, 5.41) is 6.67. The van der Waals surface area contributed by atoms with E-state index in [2.05, 4.69) is 36.8 Å². The van der Waals surface area contributed by atoms with Gasteiger partial charge in [-0.25, -0.2) is 5.43 Å². The highest BCUT2D eigenvalue weighted by molar-refractivity contribution is 9.10. The molecule has 2 amide bonds. The molecule has 118 valence electrons. The SMILES string of the molecule is C/C(CC(=O)Nc1ccc(Br)cc1)=N/NC(=O)c1cccnc1. The van der Waals surface area contributed by atoms with Crippen LogP contribution >= 0.6 is 15.9 Å². The molecule has 2 N–H and O–H groups in total. The van der Waals surface area contributed by atoms with Gasteiger partial charge in [-0.2, -0.15) is 5.10 Å². The fourth-order valence-corrected chi connectivity index (χ4v) is 1.98. The van der Waals surface area contributed by atoms with E-state index < -0.39 is 0 Å². The Morgan fingerprint density at radius 3 is 2.61 bits per heavy atom. The van der Waals surface area contributed by atoms with Crippen LogP contribution in [0.2, 0.25) is 0 Å². The van der Waals surface area contributed by atoms with Crippen molar-refractivity contribution in [3.8, 4) is 0 Å². The van der Waals surface area contributed by atoms with E-state index in [9.17, 15) is 9.59 Å². The number of hydrogen-bond acceptors (Lipinski definition) is 4. The van der Waals surface area contributed by atoms with Crippen molar-refractivity contribution >= 4 is 39.1 Å². The van der Waals surface area contributed by atoms with Gasteiger partial charge in [-0.3, -0.25) is 14.6 Å². The molecule has 1 aromatic carbocycles. The Hall–Kier alpha value is -2.54. The second-order valence-corrected chi connectivity index (χ2v) is 5.68. The Morgan fingerprint density at radius 1 is 1.22 bits per heavy atom. The number of pyridine rings is 1. The van der Waals surface area contributed by atoms with Gasteiger partial charge in [-0.05, 0) is 43.3 Å². The quantitative estimate of drug-likeness (QED) is 0.623. The highest BCUT2D eigenvalue weighted by Gasteiger charge is 2.07. The predicted octanol–water partition coefficient (Wildman–Crippen LogP) is 2.98. The third-order valence-electron chi connectivity index (χ3n) is 2.82. The van der Waals surface area contributed by atoms with Crippen LogP contribution in [0.4, 0.5) is 5.69 Å². The minimum atomic E-state index is -0.370. The number of carbonyl (C=O) groups is 2. The van der Waals surface area contributed by atoms with Gasteiger partial charge in [0.05, 0.1) is 12.0 Å². The largest absolute Gasteiger partial charge is 0.326 e. The molecule has 0 saturated carbocycles. The molecular weight excluding hydrogens is 360 g/mol. The molecule has 6 nitrogen and oxygen atoms in total. The van der Waals surface area contributed by atoms with Crippen molar-refractivity contribution in [3.05, 3.63) is 58.8 Å². The van der Waals surface area contributed by atoms with E-state index in [4.69, 9.17) is 0 Å². The van der Waals surface area contributed by atoms with Crippen LogP contribution in [0.25, 0.3) is 0 Å². The third-order valence-corrected chi connectivity index (χ3v) is 3.35. The fraction of sp³-hybridized carbons (Fsp3) is 0.125. The fourth-order valence-electron chi connectivity index (χ4n) is 1.72. The molecule has 2 aromatic rings. The summed E-state index contributed by atoms with van der Waals surface area (Å²) < 4.78 is 0.936. The van der Waals surface area contributed by atoms with Crippen molar-refractivity contribution in [3.63, 3.8) is 0 Å². The second kappa shape index (κ2) is 8.19. The van der Waals surface area contributed by atoms with Gasteiger partial charge in [-0.1, -0.05) is 15.9 Å². The third kappa shape index (κ3) is 5.63. The average molecular weight is 375 g/mol. The van der Waals surface area contributed by atoms with E-state index in [1.54, 1.807) is 37.4 Å². The predicted molar refractivity (Wildman–Crippen MR) is 92.2 cm³/mol. The Kier molecular flexibility index (Phi) is 5.99. The topological polar surface area (TPSA) is 83.5 Å². The molecule has 0 aliphatic rings. The summed E-state index contributed by atoms with van der Waals surface area (Å²) in [5.74, 6) is -0.574. The van der Waals surface area contributed by atoms with Crippen molar-refractivity contribution in [1.82, 2.24) is 10.4 Å². The van der Waals surface area contributed by atoms with Crippen molar-refractivity contribution in [1.29, 1.82) is 0 Å². The number of hydrogen-bond donors (Lipinski definition) is 2. The molecule has 0 aliphatic heterocycles. The number of rotatable bonds is 5. The van der Waals surface area contributed by atoms with Crippen molar-refractivity contribution in [2.45, 2.75) is 13.3 Å². The number of hydrazone groups is 1. The number of carbonyl (C=O) groups excluding carboxylic acids is 2. The molecule has 0 bridgehead atoms. The van der Waals surface area contributed by atoms with Crippen molar-refractivity contribution < 1.29 is 9.59 Å². The molecule has 23 heavy (non-hydrogen) atoms. The van der Waals surface area contributed by atoms with Crippen molar-refractivity contribution in [2.75, 3.05) is 5.32 Å². The molecule has 2 rings (SSSR count). The molecule has 0 saturated heterocycles. The zero-order chi connectivity index (χ0) is 16.7. The van der Waals surface area contributed by atoms with Crippen LogP contribution in [0, 0.1) is 0 Å². The first-order valence-electron chi connectivity index (χ1n) is 6.83. The smallest absolute Gasteiger partial charge is 0.272 e. The van der Waals surface area contributed by atoms with Gasteiger partial charge < -0.3 is 5.32 Å². The summed E-state index contributed by atoms with van der Waals surface area (Å²) in [6.07, 6.45) is 3.11. The lowest BCUT2D eigenvalue weighted by Crippen LogP contribution is -2.21. The summed E-state index contributed by atoms with van der Waals surface area (Å²) in [5.41, 5.74) is 4.00. The van der Waals surface area contributed by atoms with E-state index in [1.165, 1.54) is 6.20 Å². The molecule has 0 aliphatic carbocycles. The first-order chi connectivity index (χ1) is 11.0. The lowest BCUT2D eigenvalue weighted by molar-refractivity contribution is -0.115. The van der Waals surface area contributed by atoms with Gasteiger partial charge in [0.2, 0.25) is 5.91 Å². The van der Waals surface area contributed by atoms with Gasteiger partial charge in [0, 0.05) is 28.3 Å². The Bertz CT molecular complexity index is 715. The highest BCUT2D eigenvalue weighted by atomic mass is 79.9. The maximum Gasteiger partial charge on any atom is 0.272 e. The minimum Gasteiger partial charge on any atom is -0.326 e. The summed E-state index contributed by atoms with van der Waals surface area (Å²) in [6, 6.07) is 10.6. The van der Waals surface area contributed by atoms with E-state index in [0.29, 0.717) is 17.0 Å². The zero-order valence-electron chi connectivity index (χ0n) is 12.4. The van der Waals surface area contributed by atoms with E-state index in [0.717, 1.165) is 4.47 Å².